The summed E-state index contributed by atoms with van der Waals surface area (Å²) in [5.41, 5.74) is 5.21. The summed E-state index contributed by atoms with van der Waals surface area (Å²) >= 11 is 0. The molecule has 2 aromatic heterocycles. The number of nitrogens with one attached hydrogen (secondary N) is 2. The Hall–Kier alpha value is -4.30. The number of carbonyl (C=O) groups excluding carboxylic acids is 1. The minimum atomic E-state index is -0.171. The van der Waals surface area contributed by atoms with E-state index in [0.717, 1.165) is 40.9 Å². The van der Waals surface area contributed by atoms with Crippen molar-refractivity contribution in [1.29, 1.82) is 0 Å². The Morgan fingerprint density at radius 1 is 1.00 bits per heavy atom. The molecule has 0 aliphatic carbocycles. The third kappa shape index (κ3) is 6.33. The summed E-state index contributed by atoms with van der Waals surface area (Å²) in [4.78, 5) is 30.7. The smallest absolute Gasteiger partial charge is 0.248 e. The molecule has 38 heavy (non-hydrogen) atoms. The van der Waals surface area contributed by atoms with Crippen LogP contribution < -0.4 is 15.5 Å². The molecule has 8 nitrogen and oxygen atoms in total. The number of carbonyl (C=O) groups is 1. The molecule has 1 saturated heterocycles. The van der Waals surface area contributed by atoms with Gasteiger partial charge in [-0.2, -0.15) is 0 Å². The zero-order valence-corrected chi connectivity index (χ0v) is 21.9. The second-order valence-corrected chi connectivity index (χ2v) is 9.75. The topological polar surface area (TPSA) is 86.3 Å². The first-order chi connectivity index (χ1) is 18.5. The second kappa shape index (κ2) is 11.8. The fraction of sp³-hybridized carbons (Fsp3) is 0.267. The molecular formula is C30H33N7O. The molecule has 3 heterocycles. The van der Waals surface area contributed by atoms with Crippen molar-refractivity contribution in [2.75, 3.05) is 49.3 Å². The molecule has 1 fully saturated rings. The Bertz CT molecular complexity index is 1430. The number of piperidine rings is 1. The van der Waals surface area contributed by atoms with Crippen molar-refractivity contribution in [2.24, 2.45) is 0 Å². The molecule has 194 valence electrons. The number of anilines is 4. The Morgan fingerprint density at radius 3 is 2.61 bits per heavy atom. The van der Waals surface area contributed by atoms with Crippen molar-refractivity contribution in [3.05, 3.63) is 79.1 Å². The average Bonchev–Trinajstić information content (AvgIpc) is 2.93. The van der Waals surface area contributed by atoms with Crippen LogP contribution in [0.3, 0.4) is 0 Å². The third-order valence-electron chi connectivity index (χ3n) is 6.49. The minimum Gasteiger partial charge on any atom is -0.372 e. The molecule has 1 aliphatic rings. The molecule has 0 spiro atoms. The molecule has 1 aliphatic heterocycles. The van der Waals surface area contributed by atoms with Gasteiger partial charge in [0.05, 0.1) is 5.69 Å². The number of rotatable bonds is 8. The van der Waals surface area contributed by atoms with Gasteiger partial charge in [0.25, 0.3) is 0 Å². The lowest BCUT2D eigenvalue weighted by molar-refractivity contribution is -0.111. The monoisotopic (exact) mass is 507 g/mol. The van der Waals surface area contributed by atoms with Gasteiger partial charge in [0.1, 0.15) is 5.52 Å². The number of fused-ring (bicyclic) bond motifs is 1. The Labute approximate surface area is 223 Å². The lowest BCUT2D eigenvalue weighted by atomic mass is 10.1. The number of nitrogens with zero attached hydrogens (tertiary/aromatic N) is 5. The van der Waals surface area contributed by atoms with Gasteiger partial charge in [0.2, 0.25) is 11.9 Å². The van der Waals surface area contributed by atoms with Crippen LogP contribution in [0.4, 0.5) is 23.0 Å². The number of aromatic nitrogens is 3. The molecule has 5 rings (SSSR count). The number of pyridine rings is 1. The number of benzene rings is 2. The van der Waals surface area contributed by atoms with Gasteiger partial charge in [0, 0.05) is 66.1 Å². The zero-order valence-electron chi connectivity index (χ0n) is 21.9. The van der Waals surface area contributed by atoms with Gasteiger partial charge >= 0.3 is 0 Å². The highest BCUT2D eigenvalue weighted by Gasteiger charge is 2.12. The van der Waals surface area contributed by atoms with Crippen molar-refractivity contribution < 1.29 is 4.79 Å². The Balaban J connectivity index is 1.35. The van der Waals surface area contributed by atoms with Crippen LogP contribution >= 0.6 is 0 Å². The van der Waals surface area contributed by atoms with E-state index in [9.17, 15) is 4.79 Å². The number of amides is 1. The number of hydrogen-bond donors (Lipinski definition) is 2. The largest absolute Gasteiger partial charge is 0.372 e. The van der Waals surface area contributed by atoms with Crippen LogP contribution in [0.1, 0.15) is 19.3 Å². The van der Waals surface area contributed by atoms with E-state index >= 15 is 0 Å². The SMILES string of the molecule is CN(C)CC=CC(=O)Nc1cccc(-c2nccc3cnc(Nc4ccc(N5CCCCC5)cc4)nc23)c1. The molecular weight excluding hydrogens is 474 g/mol. The highest BCUT2D eigenvalue weighted by molar-refractivity contribution is 6.00. The maximum atomic E-state index is 12.3. The lowest BCUT2D eigenvalue weighted by Crippen LogP contribution is -2.29. The molecule has 0 radical (unpaired) electrons. The second-order valence-electron chi connectivity index (χ2n) is 9.75. The molecule has 4 aromatic rings. The van der Waals surface area contributed by atoms with Crippen LogP contribution in [0.5, 0.6) is 0 Å². The van der Waals surface area contributed by atoms with Gasteiger partial charge in [-0.05, 0) is 75.8 Å². The summed E-state index contributed by atoms with van der Waals surface area (Å²) in [7, 11) is 3.92. The molecule has 0 bridgehead atoms. The molecule has 0 unspecified atom stereocenters. The van der Waals surface area contributed by atoms with E-state index in [1.54, 1.807) is 18.5 Å². The zero-order chi connectivity index (χ0) is 26.3. The van der Waals surface area contributed by atoms with Gasteiger partial charge in [-0.15, -0.1) is 0 Å². The van der Waals surface area contributed by atoms with E-state index < -0.39 is 0 Å². The first-order valence-electron chi connectivity index (χ1n) is 13.0. The molecule has 0 atom stereocenters. The summed E-state index contributed by atoms with van der Waals surface area (Å²) in [5.74, 6) is 0.336. The molecule has 1 amide bonds. The quantitative estimate of drug-likeness (QED) is 0.305. The predicted octanol–water partition coefficient (Wildman–Crippen LogP) is 5.48. The van der Waals surface area contributed by atoms with E-state index in [4.69, 9.17) is 4.98 Å². The summed E-state index contributed by atoms with van der Waals surface area (Å²) in [6.45, 7) is 2.94. The highest BCUT2D eigenvalue weighted by Crippen LogP contribution is 2.28. The van der Waals surface area contributed by atoms with Crippen molar-refractivity contribution in [3.8, 4) is 11.3 Å². The number of likely N-dealkylation sites (N-methyl/N-ethyl adjacent to an activating group) is 1. The molecule has 2 aromatic carbocycles. The van der Waals surface area contributed by atoms with Gasteiger partial charge < -0.3 is 20.4 Å². The van der Waals surface area contributed by atoms with Crippen molar-refractivity contribution in [1.82, 2.24) is 19.9 Å². The Morgan fingerprint density at radius 2 is 1.82 bits per heavy atom. The first-order valence-corrected chi connectivity index (χ1v) is 13.0. The normalized spacial score (nSPS) is 13.8. The fourth-order valence-electron chi connectivity index (χ4n) is 4.56. The highest BCUT2D eigenvalue weighted by atomic mass is 16.1. The fourth-order valence-corrected chi connectivity index (χ4v) is 4.56. The molecule has 2 N–H and O–H groups in total. The van der Waals surface area contributed by atoms with E-state index in [0.29, 0.717) is 18.2 Å². The van der Waals surface area contributed by atoms with E-state index in [1.165, 1.54) is 24.9 Å². The van der Waals surface area contributed by atoms with Crippen molar-refractivity contribution >= 4 is 39.8 Å². The third-order valence-corrected chi connectivity index (χ3v) is 6.49. The van der Waals surface area contributed by atoms with Crippen LogP contribution in [0.25, 0.3) is 22.2 Å². The Kier molecular flexibility index (Phi) is 7.89. The summed E-state index contributed by atoms with van der Waals surface area (Å²) < 4.78 is 0. The van der Waals surface area contributed by atoms with Crippen LogP contribution in [-0.2, 0) is 4.79 Å². The minimum absolute atomic E-state index is 0.171. The van der Waals surface area contributed by atoms with Gasteiger partial charge in [-0.25, -0.2) is 9.97 Å². The lowest BCUT2D eigenvalue weighted by Gasteiger charge is -2.28. The summed E-state index contributed by atoms with van der Waals surface area (Å²) in [5, 5.41) is 7.15. The average molecular weight is 508 g/mol. The van der Waals surface area contributed by atoms with E-state index in [2.05, 4.69) is 49.8 Å². The maximum absolute atomic E-state index is 12.3. The van der Waals surface area contributed by atoms with E-state index in [1.807, 2.05) is 55.4 Å². The van der Waals surface area contributed by atoms with Crippen LogP contribution in [0.2, 0.25) is 0 Å². The van der Waals surface area contributed by atoms with Gasteiger partial charge in [-0.1, -0.05) is 18.2 Å². The van der Waals surface area contributed by atoms with Crippen LogP contribution in [0, 0.1) is 0 Å². The van der Waals surface area contributed by atoms with E-state index in [-0.39, 0.29) is 5.91 Å². The van der Waals surface area contributed by atoms with Crippen molar-refractivity contribution in [2.45, 2.75) is 19.3 Å². The maximum Gasteiger partial charge on any atom is 0.248 e. The predicted molar refractivity (Wildman–Crippen MR) is 155 cm³/mol. The number of hydrogen-bond acceptors (Lipinski definition) is 7. The van der Waals surface area contributed by atoms with Crippen LogP contribution in [-0.4, -0.2) is 59.5 Å². The van der Waals surface area contributed by atoms with Crippen molar-refractivity contribution in [3.63, 3.8) is 0 Å². The summed E-state index contributed by atoms with van der Waals surface area (Å²) in [6, 6.07) is 18.0. The molecule has 8 heteroatoms. The van der Waals surface area contributed by atoms with Gasteiger partial charge in [-0.3, -0.25) is 9.78 Å². The first kappa shape index (κ1) is 25.4. The van der Waals surface area contributed by atoms with Crippen LogP contribution in [0.15, 0.2) is 79.1 Å². The standard InChI is InChI=1S/C30H33N7O/c1-36(2)17-7-10-27(38)33-25-9-6-8-22(20-25)28-29-23(15-16-31-28)21-32-30(35-29)34-24-11-13-26(14-12-24)37-18-4-3-5-19-37/h6-16,20-21H,3-5,17-19H2,1-2H3,(H,33,38)(H,32,34,35). The molecule has 0 saturated carbocycles. The summed E-state index contributed by atoms with van der Waals surface area (Å²) in [6.07, 6.45) is 10.8. The van der Waals surface area contributed by atoms with Gasteiger partial charge in [0.15, 0.2) is 0 Å².